The summed E-state index contributed by atoms with van der Waals surface area (Å²) in [5.74, 6) is -27.1. The number of carbonyl (C=O) groups is 1. The zero-order valence-electron chi connectivity index (χ0n) is 12.4. The number of alkyl halides is 3. The summed E-state index contributed by atoms with van der Waals surface area (Å²) in [6.45, 7) is 0. The van der Waals surface area contributed by atoms with Gasteiger partial charge in [-0.05, 0) is 11.6 Å². The van der Waals surface area contributed by atoms with E-state index in [9.17, 15) is 53.1 Å². The van der Waals surface area contributed by atoms with Crippen LogP contribution in [0.5, 0.6) is 11.5 Å². The number of halogens is 12. The fourth-order valence-electron chi connectivity index (χ4n) is 1.93. The van der Waals surface area contributed by atoms with E-state index in [0.29, 0.717) is 0 Å². The first-order valence-electron chi connectivity index (χ1n) is 6.38. The van der Waals surface area contributed by atoms with Gasteiger partial charge in [0.2, 0.25) is 34.8 Å². The van der Waals surface area contributed by atoms with Gasteiger partial charge < -0.3 is 4.74 Å². The summed E-state index contributed by atoms with van der Waals surface area (Å²) in [6.07, 6.45) is -5.93. The van der Waals surface area contributed by atoms with E-state index in [-0.39, 0.29) is 0 Å². The van der Waals surface area contributed by atoms with Crippen LogP contribution < -0.4 is 4.74 Å². The molecule has 0 aliphatic carbocycles. The minimum atomic E-state index is -5.93. The lowest BCUT2D eigenvalue weighted by Gasteiger charge is -2.15. The van der Waals surface area contributed by atoms with Gasteiger partial charge in [-0.3, -0.25) is 4.79 Å². The van der Waals surface area contributed by atoms with Crippen LogP contribution in [0.25, 0.3) is 0 Å². The molecule has 28 heavy (non-hydrogen) atoms. The molecule has 0 radical (unpaired) electrons. The number of rotatable bonds is 3. The van der Waals surface area contributed by atoms with E-state index in [0.717, 1.165) is 0 Å². The minimum absolute atomic E-state index is 1.98. The number of hydrogen-bond acceptors (Lipinski definition) is 2. The Kier molecular flexibility index (Phi) is 5.52. The Morgan fingerprint density at radius 2 is 0.964 bits per heavy atom. The van der Waals surface area contributed by atoms with Crippen LogP contribution >= 0.6 is 11.6 Å². The molecule has 0 heterocycles. The number of benzene rings is 2. The van der Waals surface area contributed by atoms with Crippen molar-refractivity contribution < 1.29 is 57.8 Å². The van der Waals surface area contributed by atoms with Gasteiger partial charge in [0, 0.05) is 0 Å². The van der Waals surface area contributed by atoms with Crippen molar-refractivity contribution >= 4 is 16.8 Å². The molecule has 2 aromatic carbocycles. The maximum Gasteiger partial charge on any atom is 0.422 e. The van der Waals surface area contributed by atoms with Crippen molar-refractivity contribution in [2.45, 2.75) is 6.18 Å². The Balaban J connectivity index is 2.77. The van der Waals surface area contributed by atoms with Crippen molar-refractivity contribution in [1.82, 2.24) is 0 Å². The highest BCUT2D eigenvalue weighted by molar-refractivity contribution is 6.67. The summed E-state index contributed by atoms with van der Waals surface area (Å²) in [4.78, 5) is 10.8. The third-order valence-corrected chi connectivity index (χ3v) is 3.32. The van der Waals surface area contributed by atoms with Gasteiger partial charge in [0.25, 0.3) is 5.24 Å². The van der Waals surface area contributed by atoms with E-state index < -0.39 is 80.6 Å². The van der Waals surface area contributed by atoms with Gasteiger partial charge in [0.15, 0.2) is 23.3 Å². The Morgan fingerprint density at radius 3 is 1.25 bits per heavy atom. The topological polar surface area (TPSA) is 26.3 Å². The van der Waals surface area contributed by atoms with Crippen LogP contribution in [0.2, 0.25) is 0 Å². The van der Waals surface area contributed by atoms with Crippen molar-refractivity contribution in [2.24, 2.45) is 0 Å². The van der Waals surface area contributed by atoms with Gasteiger partial charge in [0.05, 0.1) is 0 Å². The average molecular weight is 445 g/mol. The molecule has 0 spiro atoms. The zero-order valence-corrected chi connectivity index (χ0v) is 13.1. The molecule has 0 aliphatic heterocycles. The van der Waals surface area contributed by atoms with Gasteiger partial charge in [-0.25, -0.2) is 17.6 Å². The van der Waals surface area contributed by atoms with E-state index in [1.807, 2.05) is 0 Å². The highest BCUT2D eigenvalue weighted by Crippen LogP contribution is 2.42. The summed E-state index contributed by atoms with van der Waals surface area (Å²) in [7, 11) is 0. The van der Waals surface area contributed by atoms with E-state index in [2.05, 4.69) is 4.74 Å². The molecule has 14 heteroatoms. The van der Waals surface area contributed by atoms with Gasteiger partial charge in [-0.1, -0.05) is 0 Å². The number of ether oxygens (including phenoxy) is 1. The second-order valence-electron chi connectivity index (χ2n) is 4.79. The fraction of sp³-hybridized carbons (Fsp3) is 0.0714. The second kappa shape index (κ2) is 7.11. The molecule has 0 bridgehead atoms. The molecular formula is C14ClF11O2. The minimum Gasteiger partial charge on any atom is -0.444 e. The summed E-state index contributed by atoms with van der Waals surface area (Å²) >= 11 is 4.70. The molecule has 0 amide bonds. The highest BCUT2D eigenvalue weighted by atomic mass is 35.5. The Morgan fingerprint density at radius 1 is 0.643 bits per heavy atom. The first kappa shape index (κ1) is 21.7. The average Bonchev–Trinajstić information content (AvgIpc) is 2.56. The molecule has 0 unspecified atom stereocenters. The van der Waals surface area contributed by atoms with Crippen LogP contribution in [0, 0.1) is 46.5 Å². The predicted molar refractivity (Wildman–Crippen MR) is 67.8 cm³/mol. The van der Waals surface area contributed by atoms with E-state index in [4.69, 9.17) is 11.6 Å². The quantitative estimate of drug-likeness (QED) is 0.330. The molecule has 0 aliphatic rings. The first-order valence-corrected chi connectivity index (χ1v) is 6.76. The van der Waals surface area contributed by atoms with Crippen LogP contribution in [0.3, 0.4) is 0 Å². The number of hydrogen-bond donors (Lipinski definition) is 0. The molecule has 0 saturated heterocycles. The smallest absolute Gasteiger partial charge is 0.422 e. The van der Waals surface area contributed by atoms with Crippen LogP contribution in [0.15, 0.2) is 0 Å². The van der Waals surface area contributed by atoms with Crippen LogP contribution in [-0.4, -0.2) is 5.24 Å². The van der Waals surface area contributed by atoms with Gasteiger partial charge in [-0.2, -0.15) is 30.7 Å². The summed E-state index contributed by atoms with van der Waals surface area (Å²) in [5.41, 5.74) is -5.01. The molecule has 2 nitrogen and oxygen atoms in total. The monoisotopic (exact) mass is 444 g/mol. The van der Waals surface area contributed by atoms with Gasteiger partial charge in [-0.15, -0.1) is 0 Å². The molecule has 2 aromatic rings. The standard InChI is InChI=1S/C14ClF11O2/c15-13(27)1-3(16)7(20)11(8(21)4(1)17)28-12-9(22)5(18)2(14(24,25)26)6(19)10(12)23. The normalized spacial score (nSPS) is 11.7. The molecule has 0 fully saturated rings. The summed E-state index contributed by atoms with van der Waals surface area (Å²) < 4.78 is 150. The van der Waals surface area contributed by atoms with E-state index in [1.54, 1.807) is 0 Å². The van der Waals surface area contributed by atoms with Crippen LogP contribution in [0.1, 0.15) is 15.9 Å². The molecule has 2 rings (SSSR count). The fourth-order valence-corrected chi connectivity index (χ4v) is 2.09. The molecule has 0 saturated carbocycles. The van der Waals surface area contributed by atoms with Gasteiger partial charge in [0.1, 0.15) is 11.1 Å². The third-order valence-electron chi connectivity index (χ3n) is 3.13. The lowest BCUT2D eigenvalue weighted by molar-refractivity contribution is -0.143. The summed E-state index contributed by atoms with van der Waals surface area (Å²) in [6, 6.07) is 0. The lowest BCUT2D eigenvalue weighted by Crippen LogP contribution is -2.16. The van der Waals surface area contributed by atoms with Crippen molar-refractivity contribution in [3.8, 4) is 11.5 Å². The predicted octanol–water partition coefficient (Wildman–Crippen LogP) is 5.99. The molecule has 0 N–H and O–H groups in total. The molecule has 152 valence electrons. The van der Waals surface area contributed by atoms with E-state index in [1.165, 1.54) is 0 Å². The van der Waals surface area contributed by atoms with Crippen molar-refractivity contribution in [2.75, 3.05) is 0 Å². The maximum atomic E-state index is 13.8. The van der Waals surface area contributed by atoms with Crippen molar-refractivity contribution in [1.29, 1.82) is 0 Å². The second-order valence-corrected chi connectivity index (χ2v) is 5.14. The number of carbonyl (C=O) groups excluding carboxylic acids is 1. The highest BCUT2D eigenvalue weighted by Gasteiger charge is 2.43. The van der Waals surface area contributed by atoms with Gasteiger partial charge >= 0.3 is 6.18 Å². The van der Waals surface area contributed by atoms with Crippen LogP contribution in [-0.2, 0) is 6.18 Å². The first-order chi connectivity index (χ1) is 12.7. The van der Waals surface area contributed by atoms with Crippen LogP contribution in [0.4, 0.5) is 48.3 Å². The Hall–Kier alpha value is -2.57. The maximum absolute atomic E-state index is 13.8. The SMILES string of the molecule is O=C(Cl)c1c(F)c(F)c(Oc2c(F)c(F)c(C(F)(F)F)c(F)c2F)c(F)c1F. The molecule has 0 aromatic heterocycles. The Bertz CT molecular complexity index is 942. The largest absolute Gasteiger partial charge is 0.444 e. The summed E-state index contributed by atoms with van der Waals surface area (Å²) in [5, 5.41) is -2.04. The molecular weight excluding hydrogens is 445 g/mol. The van der Waals surface area contributed by atoms with Crippen molar-refractivity contribution in [3.63, 3.8) is 0 Å². The van der Waals surface area contributed by atoms with Crippen molar-refractivity contribution in [3.05, 3.63) is 57.7 Å². The Labute approximate surface area is 151 Å². The zero-order chi connectivity index (χ0) is 21.7. The molecule has 0 atom stereocenters. The van der Waals surface area contributed by atoms with E-state index >= 15 is 0 Å². The third kappa shape index (κ3) is 3.34. The lowest BCUT2D eigenvalue weighted by atomic mass is 10.1.